The van der Waals surface area contributed by atoms with Crippen LogP contribution in [0.2, 0.25) is 5.02 Å². The summed E-state index contributed by atoms with van der Waals surface area (Å²) in [7, 11) is 0. The second-order valence-corrected chi connectivity index (χ2v) is 4.11. The number of nitrogens with zero attached hydrogens (tertiary/aromatic N) is 1. The zero-order valence-corrected chi connectivity index (χ0v) is 10.2. The van der Waals surface area contributed by atoms with Gasteiger partial charge in [0.1, 0.15) is 0 Å². The highest BCUT2D eigenvalue weighted by Gasteiger charge is 1.96. The molecule has 18 heavy (non-hydrogen) atoms. The average molecular weight is 253 g/mol. The fourth-order valence-corrected chi connectivity index (χ4v) is 1.60. The lowest BCUT2D eigenvalue weighted by Gasteiger charge is -1.97. The normalized spacial score (nSPS) is 9.11. The maximum absolute atomic E-state index is 8.68. The van der Waals surface area contributed by atoms with Crippen molar-refractivity contribution >= 4 is 17.3 Å². The van der Waals surface area contributed by atoms with Gasteiger partial charge in [-0.1, -0.05) is 23.4 Å². The highest BCUT2D eigenvalue weighted by Crippen LogP contribution is 2.17. The van der Waals surface area contributed by atoms with E-state index in [2.05, 4.69) is 17.9 Å². The third kappa shape index (κ3) is 2.83. The molecule has 0 saturated carbocycles. The monoisotopic (exact) mass is 252 g/mol. The number of nitriles is 1. The van der Waals surface area contributed by atoms with Gasteiger partial charge in [0.2, 0.25) is 0 Å². The van der Waals surface area contributed by atoms with Crippen LogP contribution in [-0.4, -0.2) is 0 Å². The predicted octanol–water partition coefficient (Wildman–Crippen LogP) is 3.19. The largest absolute Gasteiger partial charge is 0.398 e. The molecule has 0 amide bonds. The molecule has 0 aliphatic rings. The Hall–Kier alpha value is -2.42. The van der Waals surface area contributed by atoms with Crippen molar-refractivity contribution in [2.45, 2.75) is 0 Å². The molecular weight excluding hydrogens is 244 g/mol. The third-order valence-electron chi connectivity index (χ3n) is 2.37. The second kappa shape index (κ2) is 5.27. The fraction of sp³-hybridized carbons (Fsp3) is 0. The van der Waals surface area contributed by atoms with Gasteiger partial charge in [-0.3, -0.25) is 0 Å². The predicted molar refractivity (Wildman–Crippen MR) is 73.0 cm³/mol. The summed E-state index contributed by atoms with van der Waals surface area (Å²) < 4.78 is 0. The smallest absolute Gasteiger partial charge is 0.0991 e. The van der Waals surface area contributed by atoms with Gasteiger partial charge in [-0.15, -0.1) is 0 Å². The highest BCUT2D eigenvalue weighted by molar-refractivity contribution is 6.30. The van der Waals surface area contributed by atoms with E-state index in [1.165, 1.54) is 0 Å². The van der Waals surface area contributed by atoms with Crippen LogP contribution in [0.15, 0.2) is 42.5 Å². The first-order valence-electron chi connectivity index (χ1n) is 5.26. The summed E-state index contributed by atoms with van der Waals surface area (Å²) in [5.74, 6) is 5.97. The Morgan fingerprint density at radius 2 is 1.61 bits per heavy atom. The molecule has 0 fully saturated rings. The zero-order chi connectivity index (χ0) is 13.0. The Kier molecular flexibility index (Phi) is 3.53. The molecule has 0 atom stereocenters. The molecule has 2 N–H and O–H groups in total. The number of nitrogens with two attached hydrogens (primary N) is 1. The van der Waals surface area contributed by atoms with Crippen molar-refractivity contribution in [3.8, 4) is 17.9 Å². The van der Waals surface area contributed by atoms with Gasteiger partial charge >= 0.3 is 0 Å². The van der Waals surface area contributed by atoms with Crippen LogP contribution in [0.4, 0.5) is 5.69 Å². The number of benzene rings is 2. The first-order valence-corrected chi connectivity index (χ1v) is 5.64. The minimum absolute atomic E-state index is 0.559. The summed E-state index contributed by atoms with van der Waals surface area (Å²) >= 11 is 5.81. The molecule has 0 bridgehead atoms. The van der Waals surface area contributed by atoms with E-state index in [-0.39, 0.29) is 0 Å². The van der Waals surface area contributed by atoms with E-state index < -0.39 is 0 Å². The first kappa shape index (κ1) is 12.0. The second-order valence-electron chi connectivity index (χ2n) is 3.67. The molecule has 0 heterocycles. The van der Waals surface area contributed by atoms with E-state index >= 15 is 0 Å². The maximum atomic E-state index is 8.68. The van der Waals surface area contributed by atoms with Gasteiger partial charge in [0.05, 0.1) is 11.6 Å². The fourth-order valence-electron chi connectivity index (χ4n) is 1.42. The van der Waals surface area contributed by atoms with E-state index in [4.69, 9.17) is 22.6 Å². The highest BCUT2D eigenvalue weighted by atomic mass is 35.5. The van der Waals surface area contributed by atoms with Crippen LogP contribution in [0.3, 0.4) is 0 Å². The van der Waals surface area contributed by atoms with Crippen LogP contribution >= 0.6 is 11.6 Å². The van der Waals surface area contributed by atoms with Crippen molar-refractivity contribution < 1.29 is 0 Å². The molecule has 2 nitrogen and oxygen atoms in total. The SMILES string of the molecule is N#Cc1ccc(C#Cc2ccc(Cl)cc2N)cc1. The van der Waals surface area contributed by atoms with Gasteiger partial charge in [-0.2, -0.15) is 5.26 Å². The van der Waals surface area contributed by atoms with E-state index in [0.29, 0.717) is 16.3 Å². The van der Waals surface area contributed by atoms with Crippen LogP contribution in [0.25, 0.3) is 0 Å². The van der Waals surface area contributed by atoms with Crippen LogP contribution in [0, 0.1) is 23.2 Å². The molecule has 0 spiro atoms. The Balaban J connectivity index is 2.28. The molecular formula is C15H9ClN2. The molecule has 2 aromatic carbocycles. The van der Waals surface area contributed by atoms with Gasteiger partial charge in [-0.25, -0.2) is 0 Å². The summed E-state index contributed by atoms with van der Waals surface area (Å²) in [6.07, 6.45) is 0. The number of hydrogen-bond acceptors (Lipinski definition) is 2. The van der Waals surface area contributed by atoms with E-state index in [1.54, 1.807) is 42.5 Å². The number of hydrogen-bond donors (Lipinski definition) is 1. The van der Waals surface area contributed by atoms with Gasteiger partial charge in [0.25, 0.3) is 0 Å². The minimum Gasteiger partial charge on any atom is -0.398 e. The average Bonchev–Trinajstić information content (AvgIpc) is 2.38. The maximum Gasteiger partial charge on any atom is 0.0991 e. The molecule has 0 unspecified atom stereocenters. The van der Waals surface area contributed by atoms with Crippen molar-refractivity contribution in [3.63, 3.8) is 0 Å². The van der Waals surface area contributed by atoms with Crippen molar-refractivity contribution in [3.05, 3.63) is 64.2 Å². The van der Waals surface area contributed by atoms with Crippen LogP contribution < -0.4 is 5.73 Å². The lowest BCUT2D eigenvalue weighted by molar-refractivity contribution is 1.48. The van der Waals surface area contributed by atoms with Crippen molar-refractivity contribution in [1.82, 2.24) is 0 Å². The summed E-state index contributed by atoms with van der Waals surface area (Å²) in [5.41, 5.74) is 8.55. The molecule has 0 aliphatic carbocycles. The summed E-state index contributed by atoms with van der Waals surface area (Å²) in [4.78, 5) is 0. The van der Waals surface area contributed by atoms with Crippen LogP contribution in [-0.2, 0) is 0 Å². The summed E-state index contributed by atoms with van der Waals surface area (Å²) in [6, 6.07) is 14.3. The lowest BCUT2D eigenvalue weighted by Crippen LogP contribution is -1.89. The Labute approximate surface area is 111 Å². The molecule has 0 aliphatic heterocycles. The van der Waals surface area contributed by atoms with Crippen molar-refractivity contribution in [2.75, 3.05) is 5.73 Å². The van der Waals surface area contributed by atoms with Gasteiger partial charge in [-0.05, 0) is 42.5 Å². The standard InChI is InChI=1S/C15H9ClN2/c16-14-8-7-13(15(18)9-14)6-5-11-1-3-12(10-17)4-2-11/h1-4,7-9H,18H2. The Morgan fingerprint density at radius 1 is 0.944 bits per heavy atom. The lowest BCUT2D eigenvalue weighted by atomic mass is 10.1. The first-order chi connectivity index (χ1) is 8.69. The van der Waals surface area contributed by atoms with Gasteiger partial charge in [0, 0.05) is 21.8 Å². The topological polar surface area (TPSA) is 49.8 Å². The van der Waals surface area contributed by atoms with Crippen LogP contribution in [0.5, 0.6) is 0 Å². The number of anilines is 1. The molecule has 86 valence electrons. The quantitative estimate of drug-likeness (QED) is 0.578. The van der Waals surface area contributed by atoms with Crippen molar-refractivity contribution in [2.24, 2.45) is 0 Å². The van der Waals surface area contributed by atoms with E-state index in [0.717, 1.165) is 11.1 Å². The molecule has 0 aromatic heterocycles. The number of rotatable bonds is 0. The van der Waals surface area contributed by atoms with E-state index in [9.17, 15) is 0 Å². The summed E-state index contributed by atoms with van der Waals surface area (Å²) in [6.45, 7) is 0. The third-order valence-corrected chi connectivity index (χ3v) is 2.60. The number of nitrogen functional groups attached to an aromatic ring is 1. The zero-order valence-electron chi connectivity index (χ0n) is 9.44. The molecule has 2 rings (SSSR count). The Morgan fingerprint density at radius 3 is 2.22 bits per heavy atom. The molecule has 0 saturated heterocycles. The minimum atomic E-state index is 0.559. The Bertz CT molecular complexity index is 670. The van der Waals surface area contributed by atoms with E-state index in [1.807, 2.05) is 0 Å². The summed E-state index contributed by atoms with van der Waals surface area (Å²) in [5, 5.41) is 9.28. The van der Waals surface area contributed by atoms with Crippen LogP contribution in [0.1, 0.15) is 16.7 Å². The molecule has 0 radical (unpaired) electrons. The number of halogens is 1. The molecule has 3 heteroatoms. The molecule has 2 aromatic rings. The van der Waals surface area contributed by atoms with Gasteiger partial charge < -0.3 is 5.73 Å². The van der Waals surface area contributed by atoms with Crippen molar-refractivity contribution in [1.29, 1.82) is 5.26 Å². The van der Waals surface area contributed by atoms with Gasteiger partial charge in [0.15, 0.2) is 0 Å².